The fourth-order valence-electron chi connectivity index (χ4n) is 1.68. The van der Waals surface area contributed by atoms with Gasteiger partial charge >= 0.3 is 0 Å². The van der Waals surface area contributed by atoms with Crippen molar-refractivity contribution in [3.63, 3.8) is 0 Å². The molecule has 0 aliphatic rings. The van der Waals surface area contributed by atoms with E-state index in [2.05, 4.69) is 28.0 Å². The van der Waals surface area contributed by atoms with Crippen molar-refractivity contribution in [2.75, 3.05) is 25.6 Å². The first-order valence-corrected chi connectivity index (χ1v) is 8.12. The molecule has 4 nitrogen and oxygen atoms in total. The summed E-state index contributed by atoms with van der Waals surface area (Å²) in [6.45, 7) is 1.64. The first-order chi connectivity index (χ1) is 9.80. The molecule has 0 aliphatic carbocycles. The van der Waals surface area contributed by atoms with Gasteiger partial charge in [-0.3, -0.25) is 4.99 Å². The maximum Gasteiger partial charge on any atom is 0.191 e. The van der Waals surface area contributed by atoms with Gasteiger partial charge in [-0.15, -0.1) is 0 Å². The van der Waals surface area contributed by atoms with E-state index in [1.165, 1.54) is 12.2 Å². The van der Waals surface area contributed by atoms with Crippen molar-refractivity contribution in [3.05, 3.63) is 35.4 Å². The normalized spacial score (nSPS) is 10.9. The van der Waals surface area contributed by atoms with E-state index < -0.39 is 0 Å². The molecule has 0 spiro atoms. The average Bonchev–Trinajstić information content (AvgIpc) is 2.50. The zero-order valence-corrected chi connectivity index (χ0v) is 13.0. The molecule has 0 aromatic heterocycles. The number of rotatable bonds is 7. The molecule has 1 aromatic rings. The molecular weight excluding hydrogens is 268 g/mol. The standard InChI is InChI=1S/C15H22N4S/c1-17-15(18-9-3-4-10-20-2)19-12-14-7-5-13(11-16)6-8-14/h5-8H,3-4,9-10,12H2,1-2H3,(H2,17,18,19). The van der Waals surface area contributed by atoms with Gasteiger partial charge in [0.1, 0.15) is 0 Å². The molecule has 20 heavy (non-hydrogen) atoms. The molecule has 0 saturated heterocycles. The molecule has 1 rings (SSSR count). The second-order valence-corrected chi connectivity index (χ2v) is 5.35. The average molecular weight is 290 g/mol. The molecule has 0 radical (unpaired) electrons. The Hall–Kier alpha value is -1.67. The van der Waals surface area contributed by atoms with E-state index in [9.17, 15) is 0 Å². The van der Waals surface area contributed by atoms with Crippen LogP contribution in [0.15, 0.2) is 29.3 Å². The molecule has 1 aromatic carbocycles. The van der Waals surface area contributed by atoms with Crippen LogP contribution in [0.5, 0.6) is 0 Å². The van der Waals surface area contributed by atoms with Crippen LogP contribution in [0.2, 0.25) is 0 Å². The Balaban J connectivity index is 2.28. The molecule has 0 atom stereocenters. The largest absolute Gasteiger partial charge is 0.356 e. The minimum atomic E-state index is 0.685. The Morgan fingerprint density at radius 1 is 1.25 bits per heavy atom. The van der Waals surface area contributed by atoms with Crippen molar-refractivity contribution in [3.8, 4) is 6.07 Å². The highest BCUT2D eigenvalue weighted by molar-refractivity contribution is 7.98. The van der Waals surface area contributed by atoms with E-state index in [4.69, 9.17) is 5.26 Å². The summed E-state index contributed by atoms with van der Waals surface area (Å²) in [6, 6.07) is 9.69. The van der Waals surface area contributed by atoms with Crippen molar-refractivity contribution in [2.45, 2.75) is 19.4 Å². The molecule has 0 aliphatic heterocycles. The second-order valence-electron chi connectivity index (χ2n) is 4.36. The topological polar surface area (TPSA) is 60.2 Å². The Bertz CT molecular complexity index is 448. The van der Waals surface area contributed by atoms with Gasteiger partial charge in [0.25, 0.3) is 0 Å². The molecule has 0 unspecified atom stereocenters. The van der Waals surface area contributed by atoms with Gasteiger partial charge in [-0.2, -0.15) is 17.0 Å². The zero-order valence-electron chi connectivity index (χ0n) is 12.1. The van der Waals surface area contributed by atoms with Crippen LogP contribution in [0.1, 0.15) is 24.0 Å². The van der Waals surface area contributed by atoms with Gasteiger partial charge < -0.3 is 10.6 Å². The lowest BCUT2D eigenvalue weighted by Gasteiger charge is -2.11. The van der Waals surface area contributed by atoms with Crippen LogP contribution in [0.4, 0.5) is 0 Å². The molecule has 0 bridgehead atoms. The Morgan fingerprint density at radius 2 is 2.00 bits per heavy atom. The molecule has 5 heteroatoms. The highest BCUT2D eigenvalue weighted by Crippen LogP contribution is 2.02. The summed E-state index contributed by atoms with van der Waals surface area (Å²) in [5, 5.41) is 15.3. The number of nitrogens with zero attached hydrogens (tertiary/aromatic N) is 2. The summed E-state index contributed by atoms with van der Waals surface area (Å²) in [6.07, 6.45) is 4.50. The number of hydrogen-bond acceptors (Lipinski definition) is 3. The van der Waals surface area contributed by atoms with E-state index >= 15 is 0 Å². The molecular formula is C15H22N4S. The quantitative estimate of drug-likeness (QED) is 0.460. The second kappa shape index (κ2) is 10.2. The van der Waals surface area contributed by atoms with Crippen molar-refractivity contribution >= 4 is 17.7 Å². The number of aliphatic imine (C=N–C) groups is 1. The Kier molecular flexibility index (Phi) is 8.32. The van der Waals surface area contributed by atoms with Crippen LogP contribution in [0.25, 0.3) is 0 Å². The summed E-state index contributed by atoms with van der Waals surface area (Å²) in [7, 11) is 1.77. The number of benzene rings is 1. The lowest BCUT2D eigenvalue weighted by atomic mass is 10.1. The molecule has 0 amide bonds. The van der Waals surface area contributed by atoms with Crippen molar-refractivity contribution < 1.29 is 0 Å². The SMILES string of the molecule is CN=C(NCCCCSC)NCc1ccc(C#N)cc1. The fourth-order valence-corrected chi connectivity index (χ4v) is 2.17. The third-order valence-corrected chi connectivity index (χ3v) is 3.53. The Morgan fingerprint density at radius 3 is 2.60 bits per heavy atom. The van der Waals surface area contributed by atoms with E-state index in [-0.39, 0.29) is 0 Å². The van der Waals surface area contributed by atoms with Gasteiger partial charge in [-0.05, 0) is 42.5 Å². The van der Waals surface area contributed by atoms with Crippen LogP contribution in [-0.4, -0.2) is 31.6 Å². The monoisotopic (exact) mass is 290 g/mol. The van der Waals surface area contributed by atoms with Gasteiger partial charge in [0.2, 0.25) is 0 Å². The van der Waals surface area contributed by atoms with Crippen LogP contribution in [0.3, 0.4) is 0 Å². The van der Waals surface area contributed by atoms with Crippen LogP contribution in [-0.2, 0) is 6.54 Å². The fraction of sp³-hybridized carbons (Fsp3) is 0.467. The third-order valence-electron chi connectivity index (χ3n) is 2.83. The maximum absolute atomic E-state index is 8.75. The van der Waals surface area contributed by atoms with E-state index in [1.807, 2.05) is 36.0 Å². The highest BCUT2D eigenvalue weighted by atomic mass is 32.2. The summed E-state index contributed by atoms with van der Waals surface area (Å²) in [5.41, 5.74) is 1.82. The van der Waals surface area contributed by atoms with Gasteiger partial charge in [0.05, 0.1) is 11.6 Å². The van der Waals surface area contributed by atoms with Crippen molar-refractivity contribution in [2.24, 2.45) is 4.99 Å². The van der Waals surface area contributed by atoms with Crippen LogP contribution < -0.4 is 10.6 Å². The summed E-state index contributed by atoms with van der Waals surface area (Å²) in [5.74, 6) is 2.03. The van der Waals surface area contributed by atoms with Crippen molar-refractivity contribution in [1.29, 1.82) is 5.26 Å². The molecule has 108 valence electrons. The van der Waals surface area contributed by atoms with E-state index in [1.54, 1.807) is 7.05 Å². The first-order valence-electron chi connectivity index (χ1n) is 6.72. The minimum Gasteiger partial charge on any atom is -0.356 e. The van der Waals surface area contributed by atoms with Gasteiger partial charge in [0, 0.05) is 20.1 Å². The number of unbranched alkanes of at least 4 members (excludes halogenated alkanes) is 1. The number of guanidine groups is 1. The van der Waals surface area contributed by atoms with Gasteiger partial charge in [-0.25, -0.2) is 0 Å². The predicted molar refractivity (Wildman–Crippen MR) is 87.0 cm³/mol. The van der Waals surface area contributed by atoms with Crippen molar-refractivity contribution in [1.82, 2.24) is 10.6 Å². The smallest absolute Gasteiger partial charge is 0.191 e. The lowest BCUT2D eigenvalue weighted by Crippen LogP contribution is -2.37. The number of hydrogen-bond donors (Lipinski definition) is 2. The van der Waals surface area contributed by atoms with Crippen LogP contribution in [0, 0.1) is 11.3 Å². The summed E-state index contributed by atoms with van der Waals surface area (Å²) >= 11 is 1.88. The zero-order chi connectivity index (χ0) is 14.6. The molecule has 0 saturated carbocycles. The molecule has 2 N–H and O–H groups in total. The molecule has 0 fully saturated rings. The molecule has 0 heterocycles. The summed E-state index contributed by atoms with van der Waals surface area (Å²) in [4.78, 5) is 4.19. The number of thioether (sulfide) groups is 1. The predicted octanol–water partition coefficient (Wildman–Crippen LogP) is 2.37. The minimum absolute atomic E-state index is 0.685. The van der Waals surface area contributed by atoms with Gasteiger partial charge in [-0.1, -0.05) is 12.1 Å². The lowest BCUT2D eigenvalue weighted by molar-refractivity contribution is 0.733. The van der Waals surface area contributed by atoms with E-state index in [0.29, 0.717) is 12.1 Å². The summed E-state index contributed by atoms with van der Waals surface area (Å²) < 4.78 is 0. The van der Waals surface area contributed by atoms with Gasteiger partial charge in [0.15, 0.2) is 5.96 Å². The highest BCUT2D eigenvalue weighted by Gasteiger charge is 1.98. The number of nitrogens with one attached hydrogen (secondary N) is 2. The Labute approximate surface area is 125 Å². The number of nitriles is 1. The third kappa shape index (κ3) is 6.48. The maximum atomic E-state index is 8.75. The van der Waals surface area contributed by atoms with Crippen LogP contribution >= 0.6 is 11.8 Å². The van der Waals surface area contributed by atoms with E-state index in [0.717, 1.165) is 24.5 Å². The first kappa shape index (κ1) is 16.4.